The first-order chi connectivity index (χ1) is 2.91. The molecule has 0 rings (SSSR count). The van der Waals surface area contributed by atoms with E-state index in [1.165, 1.54) is 6.42 Å². The largest absolute Gasteiger partial charge is 0.330 e. The lowest BCUT2D eigenvalue weighted by Crippen LogP contribution is -1.96. The van der Waals surface area contributed by atoms with E-state index >= 15 is 0 Å². The molecule has 0 aromatic rings. The molecule has 36 valence electrons. The molecule has 0 aliphatic rings. The number of nitrogens with two attached hydrogens (primary N) is 1. The highest BCUT2D eigenvalue weighted by atomic mass is 14.5. The van der Waals surface area contributed by atoms with Gasteiger partial charge in [0.25, 0.3) is 0 Å². The average Bonchev–Trinajstić information content (AvgIpc) is 1.61. The van der Waals surface area contributed by atoms with E-state index in [4.69, 9.17) is 5.73 Å². The molecule has 0 aliphatic heterocycles. The Hall–Kier alpha value is -0.170. The van der Waals surface area contributed by atoms with Gasteiger partial charge in [0.05, 0.1) is 13.3 Å². The topological polar surface area (TPSA) is 26.0 Å². The number of rotatable bonds is 3. The first-order valence-corrected chi connectivity index (χ1v) is 2.41. The van der Waals surface area contributed by atoms with Crippen molar-refractivity contribution in [1.29, 1.82) is 0 Å². The van der Waals surface area contributed by atoms with Crippen LogP contribution >= 0.6 is 0 Å². The van der Waals surface area contributed by atoms with Crippen LogP contribution in [0.1, 0.15) is 19.3 Å². The smallest absolute Gasteiger partial charge is 0.0851 e. The molecule has 0 heterocycles. The highest BCUT2D eigenvalue weighted by Crippen LogP contribution is 1.87. The second-order valence-corrected chi connectivity index (χ2v) is 1.35. The van der Waals surface area contributed by atoms with E-state index in [9.17, 15) is 0 Å². The van der Waals surface area contributed by atoms with Crippen molar-refractivity contribution in [3.05, 3.63) is 6.92 Å². The van der Waals surface area contributed by atoms with Gasteiger partial charge in [-0.1, -0.05) is 0 Å². The zero-order valence-electron chi connectivity index (χ0n) is 4.11. The predicted molar refractivity (Wildman–Crippen MR) is 28.3 cm³/mol. The van der Waals surface area contributed by atoms with Crippen LogP contribution in [0, 0.1) is 6.92 Å². The number of hydrogen-bond acceptors (Lipinski definition) is 1. The highest BCUT2D eigenvalue weighted by Gasteiger charge is 1.80. The molecule has 0 aromatic heterocycles. The Labute approximate surface area is 39.5 Å². The summed E-state index contributed by atoms with van der Waals surface area (Å²) in [6, 6.07) is 0. The first-order valence-electron chi connectivity index (χ1n) is 2.41. The third-order valence-electron chi connectivity index (χ3n) is 0.704. The van der Waals surface area contributed by atoms with Crippen molar-refractivity contribution in [2.45, 2.75) is 19.3 Å². The van der Waals surface area contributed by atoms with Crippen LogP contribution in [0.3, 0.4) is 0 Å². The van der Waals surface area contributed by atoms with E-state index in [2.05, 4.69) is 6.92 Å². The van der Waals surface area contributed by atoms with Crippen LogP contribution in [0.4, 0.5) is 0 Å². The third-order valence-corrected chi connectivity index (χ3v) is 0.704. The average molecular weight is 86.2 g/mol. The molecule has 0 aromatic carbocycles. The zero-order chi connectivity index (χ0) is 4.83. The second-order valence-electron chi connectivity index (χ2n) is 1.35. The standard InChI is InChI=1S/C5H12N/c1-2-3-4-5-6/h1-6H2/q+1. The molecule has 2 N–H and O–H groups in total. The second kappa shape index (κ2) is 4.83. The van der Waals surface area contributed by atoms with Gasteiger partial charge < -0.3 is 5.73 Å². The summed E-state index contributed by atoms with van der Waals surface area (Å²) in [5, 5.41) is 0. The molecular formula is C5H12N+. The van der Waals surface area contributed by atoms with Gasteiger partial charge in [0.2, 0.25) is 0 Å². The molecule has 1 heteroatoms. The van der Waals surface area contributed by atoms with Crippen LogP contribution in [0.2, 0.25) is 0 Å². The lowest BCUT2D eigenvalue weighted by atomic mass is 10.3. The van der Waals surface area contributed by atoms with Crippen LogP contribution in [-0.2, 0) is 0 Å². The molecule has 0 bridgehead atoms. The Bertz CT molecular complexity index is 15.9. The quantitative estimate of drug-likeness (QED) is 0.401. The lowest BCUT2D eigenvalue weighted by Gasteiger charge is -1.82. The van der Waals surface area contributed by atoms with Crippen LogP contribution in [0.15, 0.2) is 0 Å². The fourth-order valence-corrected chi connectivity index (χ4v) is 0.321. The van der Waals surface area contributed by atoms with Gasteiger partial charge in [-0.05, 0) is 19.4 Å². The van der Waals surface area contributed by atoms with Crippen molar-refractivity contribution in [2.24, 2.45) is 5.73 Å². The van der Waals surface area contributed by atoms with Gasteiger partial charge in [-0.25, -0.2) is 0 Å². The SMILES string of the molecule is [CH2+]CCCCN. The summed E-state index contributed by atoms with van der Waals surface area (Å²) in [5.74, 6) is 0. The van der Waals surface area contributed by atoms with Crippen LogP contribution in [-0.4, -0.2) is 6.54 Å². The predicted octanol–water partition coefficient (Wildman–Crippen LogP) is 0.949. The normalized spacial score (nSPS) is 8.83. The van der Waals surface area contributed by atoms with Crippen LogP contribution in [0.5, 0.6) is 0 Å². The van der Waals surface area contributed by atoms with Crippen molar-refractivity contribution < 1.29 is 0 Å². The van der Waals surface area contributed by atoms with Crippen molar-refractivity contribution in [2.75, 3.05) is 6.54 Å². The highest BCUT2D eigenvalue weighted by molar-refractivity contribution is 4.41. The van der Waals surface area contributed by atoms with Gasteiger partial charge in [-0.2, -0.15) is 0 Å². The lowest BCUT2D eigenvalue weighted by molar-refractivity contribution is 0.757. The summed E-state index contributed by atoms with van der Waals surface area (Å²) in [4.78, 5) is 0. The summed E-state index contributed by atoms with van der Waals surface area (Å²) >= 11 is 0. The number of hydrogen-bond donors (Lipinski definition) is 1. The van der Waals surface area contributed by atoms with Crippen molar-refractivity contribution in [3.63, 3.8) is 0 Å². The number of unbranched alkanes of at least 4 members (excludes halogenated alkanes) is 2. The summed E-state index contributed by atoms with van der Waals surface area (Å²) in [6.07, 6.45) is 3.33. The van der Waals surface area contributed by atoms with Gasteiger partial charge >= 0.3 is 0 Å². The first kappa shape index (κ1) is 5.83. The van der Waals surface area contributed by atoms with Crippen LogP contribution < -0.4 is 5.73 Å². The Kier molecular flexibility index (Phi) is 4.69. The van der Waals surface area contributed by atoms with E-state index < -0.39 is 0 Å². The molecule has 0 fully saturated rings. The molecule has 0 saturated heterocycles. The molecule has 0 saturated carbocycles. The minimum absolute atomic E-state index is 0.815. The summed E-state index contributed by atoms with van der Waals surface area (Å²) in [6.45, 7) is 4.48. The van der Waals surface area contributed by atoms with Crippen molar-refractivity contribution in [1.82, 2.24) is 0 Å². The summed E-state index contributed by atoms with van der Waals surface area (Å²) in [5.41, 5.74) is 5.19. The Balaban J connectivity index is 2.34. The third kappa shape index (κ3) is 3.83. The van der Waals surface area contributed by atoms with Gasteiger partial charge in [0, 0.05) is 0 Å². The van der Waals surface area contributed by atoms with E-state index in [0.717, 1.165) is 19.4 Å². The van der Waals surface area contributed by atoms with Gasteiger partial charge in [-0.15, -0.1) is 0 Å². The van der Waals surface area contributed by atoms with E-state index in [0.29, 0.717) is 0 Å². The van der Waals surface area contributed by atoms with Crippen molar-refractivity contribution in [3.8, 4) is 0 Å². The molecule has 1 nitrogen and oxygen atoms in total. The maximum atomic E-state index is 5.19. The molecular weight excluding hydrogens is 74.1 g/mol. The molecule has 0 spiro atoms. The zero-order valence-corrected chi connectivity index (χ0v) is 4.11. The Morgan fingerprint density at radius 1 is 1.33 bits per heavy atom. The fourth-order valence-electron chi connectivity index (χ4n) is 0.321. The maximum Gasteiger partial charge on any atom is 0.0851 e. The minimum Gasteiger partial charge on any atom is -0.330 e. The van der Waals surface area contributed by atoms with E-state index in [1.807, 2.05) is 0 Å². The van der Waals surface area contributed by atoms with Gasteiger partial charge in [0.1, 0.15) is 0 Å². The molecule has 0 aliphatic carbocycles. The van der Waals surface area contributed by atoms with E-state index in [-0.39, 0.29) is 0 Å². The fraction of sp³-hybridized carbons (Fsp3) is 0.800. The monoisotopic (exact) mass is 86.1 g/mol. The molecule has 6 heavy (non-hydrogen) atoms. The summed E-state index contributed by atoms with van der Waals surface area (Å²) < 4.78 is 0. The molecule has 0 radical (unpaired) electrons. The summed E-state index contributed by atoms with van der Waals surface area (Å²) in [7, 11) is 0. The van der Waals surface area contributed by atoms with Crippen LogP contribution in [0.25, 0.3) is 0 Å². The molecule has 0 atom stereocenters. The van der Waals surface area contributed by atoms with Gasteiger partial charge in [-0.3, -0.25) is 0 Å². The van der Waals surface area contributed by atoms with Crippen molar-refractivity contribution >= 4 is 0 Å². The van der Waals surface area contributed by atoms with Gasteiger partial charge in [0.15, 0.2) is 0 Å². The molecule has 0 unspecified atom stereocenters. The minimum atomic E-state index is 0.815. The maximum absolute atomic E-state index is 5.19. The molecule has 0 amide bonds. The Morgan fingerprint density at radius 2 is 2.00 bits per heavy atom. The Morgan fingerprint density at radius 3 is 2.17 bits per heavy atom. The van der Waals surface area contributed by atoms with E-state index in [1.54, 1.807) is 0 Å².